The molecule has 8 nitrogen and oxygen atoms in total. The van der Waals surface area contributed by atoms with Crippen LogP contribution in [0.25, 0.3) is 0 Å². The van der Waals surface area contributed by atoms with Crippen LogP contribution in [0.5, 0.6) is 0 Å². The van der Waals surface area contributed by atoms with E-state index in [9.17, 15) is 14.4 Å². The number of esters is 2. The fraction of sp³-hybridized carbons (Fsp3) is 0.391. The predicted molar refractivity (Wildman–Crippen MR) is 113 cm³/mol. The smallest absolute Gasteiger partial charge is 0.353 e. The Morgan fingerprint density at radius 1 is 1.26 bits per heavy atom. The SMILES string of the molecule is C#CCCC(=O)N1CCC2C3=C1N=C(C(=O)OC)C(C(=O)OC)C3Nc1ccccc12. The van der Waals surface area contributed by atoms with E-state index in [0.29, 0.717) is 25.2 Å². The van der Waals surface area contributed by atoms with Gasteiger partial charge in [0.15, 0.2) is 0 Å². The van der Waals surface area contributed by atoms with Crippen LogP contribution in [-0.2, 0) is 23.9 Å². The average Bonchev–Trinajstić information content (AvgIpc) is 2.81. The Morgan fingerprint density at radius 3 is 2.74 bits per heavy atom. The van der Waals surface area contributed by atoms with Crippen molar-refractivity contribution in [3.8, 4) is 12.3 Å². The van der Waals surface area contributed by atoms with Crippen molar-refractivity contribution < 1.29 is 23.9 Å². The second kappa shape index (κ2) is 8.26. The van der Waals surface area contributed by atoms with Crippen LogP contribution in [0.15, 0.2) is 40.7 Å². The first-order chi connectivity index (χ1) is 15.0. The molecule has 0 saturated carbocycles. The van der Waals surface area contributed by atoms with Gasteiger partial charge >= 0.3 is 11.9 Å². The maximum Gasteiger partial charge on any atom is 0.353 e. The zero-order chi connectivity index (χ0) is 22.1. The van der Waals surface area contributed by atoms with Gasteiger partial charge in [-0.25, -0.2) is 9.79 Å². The fourth-order valence-corrected chi connectivity index (χ4v) is 4.63. The molecular weight excluding hydrogens is 398 g/mol. The Bertz CT molecular complexity index is 1050. The fourth-order valence-electron chi connectivity index (χ4n) is 4.63. The average molecular weight is 421 g/mol. The van der Waals surface area contributed by atoms with Crippen molar-refractivity contribution in [1.82, 2.24) is 4.90 Å². The van der Waals surface area contributed by atoms with Gasteiger partial charge in [-0.2, -0.15) is 0 Å². The van der Waals surface area contributed by atoms with E-state index >= 15 is 0 Å². The zero-order valence-electron chi connectivity index (χ0n) is 17.4. The van der Waals surface area contributed by atoms with E-state index in [-0.39, 0.29) is 24.0 Å². The van der Waals surface area contributed by atoms with Crippen LogP contribution in [0.1, 0.15) is 30.7 Å². The summed E-state index contributed by atoms with van der Waals surface area (Å²) in [4.78, 5) is 44.3. The van der Waals surface area contributed by atoms with Gasteiger partial charge in [-0.15, -0.1) is 12.3 Å². The molecule has 1 aromatic rings. The van der Waals surface area contributed by atoms with Gasteiger partial charge in [0, 0.05) is 36.6 Å². The molecule has 3 unspecified atom stereocenters. The van der Waals surface area contributed by atoms with Gasteiger partial charge in [0.25, 0.3) is 0 Å². The van der Waals surface area contributed by atoms with E-state index in [1.54, 1.807) is 4.90 Å². The summed E-state index contributed by atoms with van der Waals surface area (Å²) in [6.45, 7) is 0.439. The number of nitrogens with zero attached hydrogens (tertiary/aromatic N) is 2. The number of rotatable bonds is 4. The number of aliphatic imine (C=N–C) groups is 1. The molecule has 0 bridgehead atoms. The molecule has 3 aliphatic heterocycles. The van der Waals surface area contributed by atoms with E-state index in [1.807, 2.05) is 24.3 Å². The molecule has 0 saturated heterocycles. The highest BCUT2D eigenvalue weighted by molar-refractivity contribution is 6.41. The quantitative estimate of drug-likeness (QED) is 0.589. The van der Waals surface area contributed by atoms with Crippen molar-refractivity contribution >= 4 is 29.2 Å². The van der Waals surface area contributed by atoms with Crippen molar-refractivity contribution in [2.24, 2.45) is 10.9 Å². The minimum absolute atomic E-state index is 0.0377. The molecule has 3 aliphatic rings. The molecular formula is C23H23N3O5. The predicted octanol–water partition coefficient (Wildman–Crippen LogP) is 1.84. The zero-order valence-corrected chi connectivity index (χ0v) is 17.4. The number of ether oxygens (including phenoxy) is 2. The molecule has 160 valence electrons. The van der Waals surface area contributed by atoms with Crippen LogP contribution in [0.4, 0.5) is 5.69 Å². The third-order valence-corrected chi connectivity index (χ3v) is 6.00. The number of anilines is 1. The third kappa shape index (κ3) is 3.36. The van der Waals surface area contributed by atoms with Crippen LogP contribution in [-0.4, -0.2) is 55.3 Å². The summed E-state index contributed by atoms with van der Waals surface area (Å²) in [7, 11) is 2.50. The monoisotopic (exact) mass is 421 g/mol. The molecule has 1 aromatic carbocycles. The number of carbonyl (C=O) groups excluding carboxylic acids is 3. The molecule has 31 heavy (non-hydrogen) atoms. The third-order valence-electron chi connectivity index (χ3n) is 6.00. The Balaban J connectivity index is 1.91. The molecule has 0 fully saturated rings. The Labute approximate surface area is 180 Å². The highest BCUT2D eigenvalue weighted by Crippen LogP contribution is 2.48. The van der Waals surface area contributed by atoms with Crippen molar-refractivity contribution in [3.05, 3.63) is 41.2 Å². The molecule has 0 aliphatic carbocycles. The van der Waals surface area contributed by atoms with Gasteiger partial charge in [-0.3, -0.25) is 14.5 Å². The van der Waals surface area contributed by atoms with Crippen LogP contribution in [0.2, 0.25) is 0 Å². The summed E-state index contributed by atoms with van der Waals surface area (Å²) >= 11 is 0. The number of hydrogen-bond donors (Lipinski definition) is 1. The molecule has 4 rings (SSSR count). The lowest BCUT2D eigenvalue weighted by atomic mass is 9.72. The largest absolute Gasteiger partial charge is 0.468 e. The van der Waals surface area contributed by atoms with E-state index < -0.39 is 23.9 Å². The van der Waals surface area contributed by atoms with E-state index in [4.69, 9.17) is 15.9 Å². The summed E-state index contributed by atoms with van der Waals surface area (Å²) in [6.07, 6.45) is 6.49. The van der Waals surface area contributed by atoms with Crippen LogP contribution < -0.4 is 5.32 Å². The number of para-hydroxylation sites is 1. The Hall–Kier alpha value is -3.60. The van der Waals surface area contributed by atoms with Crippen LogP contribution in [0, 0.1) is 18.3 Å². The highest BCUT2D eigenvalue weighted by atomic mass is 16.5. The minimum atomic E-state index is -0.993. The maximum absolute atomic E-state index is 12.9. The van der Waals surface area contributed by atoms with E-state index in [1.165, 1.54) is 14.2 Å². The molecule has 8 heteroatoms. The number of nitrogens with one attached hydrogen (secondary N) is 1. The Kier molecular flexibility index (Phi) is 5.51. The van der Waals surface area contributed by atoms with E-state index in [2.05, 4.69) is 16.2 Å². The van der Waals surface area contributed by atoms with Crippen molar-refractivity contribution in [2.75, 3.05) is 26.1 Å². The Morgan fingerprint density at radius 2 is 2.03 bits per heavy atom. The number of carbonyl (C=O) groups is 3. The van der Waals surface area contributed by atoms with Gasteiger partial charge in [-0.1, -0.05) is 18.2 Å². The second-order valence-electron chi connectivity index (χ2n) is 7.57. The highest BCUT2D eigenvalue weighted by Gasteiger charge is 2.51. The lowest BCUT2D eigenvalue weighted by molar-refractivity contribution is -0.145. The summed E-state index contributed by atoms with van der Waals surface area (Å²) < 4.78 is 9.91. The molecule has 3 atom stereocenters. The number of amides is 1. The van der Waals surface area contributed by atoms with Crippen molar-refractivity contribution in [1.29, 1.82) is 0 Å². The first-order valence-corrected chi connectivity index (χ1v) is 10.1. The number of benzene rings is 1. The van der Waals surface area contributed by atoms with E-state index in [0.717, 1.165) is 16.8 Å². The summed E-state index contributed by atoms with van der Waals surface area (Å²) in [5, 5.41) is 3.39. The minimum Gasteiger partial charge on any atom is -0.468 e. The number of methoxy groups -OCH3 is 2. The van der Waals surface area contributed by atoms with Gasteiger partial charge in [0.05, 0.1) is 20.3 Å². The number of terminal acetylenes is 1. The van der Waals surface area contributed by atoms with Crippen molar-refractivity contribution in [2.45, 2.75) is 31.2 Å². The molecule has 0 spiro atoms. The first kappa shape index (κ1) is 20.7. The number of hydrogen-bond acceptors (Lipinski definition) is 7. The van der Waals surface area contributed by atoms with Crippen molar-refractivity contribution in [3.63, 3.8) is 0 Å². The second-order valence-corrected chi connectivity index (χ2v) is 7.57. The topological polar surface area (TPSA) is 97.3 Å². The van der Waals surface area contributed by atoms with Gasteiger partial charge in [0.1, 0.15) is 17.5 Å². The van der Waals surface area contributed by atoms with Gasteiger partial charge < -0.3 is 14.8 Å². The lowest BCUT2D eigenvalue weighted by Crippen LogP contribution is -2.53. The van der Waals surface area contributed by atoms with Crippen LogP contribution >= 0.6 is 0 Å². The lowest BCUT2D eigenvalue weighted by Gasteiger charge is -2.46. The molecule has 1 amide bonds. The number of fused-ring (bicyclic) bond motifs is 2. The van der Waals surface area contributed by atoms with Gasteiger partial charge in [-0.05, 0) is 18.1 Å². The molecule has 0 radical (unpaired) electrons. The molecule has 3 heterocycles. The maximum atomic E-state index is 12.9. The summed E-state index contributed by atoms with van der Waals surface area (Å²) in [5.74, 6) is 0.349. The standard InChI is InChI=1S/C23H23N3O5/c1-4-5-10-16(27)26-12-11-14-13-8-6-7-9-15(13)24-19-17(14)21(26)25-20(23(29)31-3)18(19)22(28)30-2/h1,6-9,14,18-19,24H,5,10-12H2,2-3H3. The van der Waals surface area contributed by atoms with Crippen LogP contribution in [0.3, 0.4) is 0 Å². The summed E-state index contributed by atoms with van der Waals surface area (Å²) in [5.41, 5.74) is 2.68. The van der Waals surface area contributed by atoms with Gasteiger partial charge in [0.2, 0.25) is 5.91 Å². The normalized spacial score (nSPS) is 23.5. The molecule has 1 N–H and O–H groups in total. The molecule has 0 aromatic heterocycles. The summed E-state index contributed by atoms with van der Waals surface area (Å²) in [6, 6.07) is 7.24. The first-order valence-electron chi connectivity index (χ1n) is 10.1.